The van der Waals surface area contributed by atoms with Gasteiger partial charge in [0.25, 0.3) is 0 Å². The fraction of sp³-hybridized carbons (Fsp3) is 0.417. The molecule has 0 atom stereocenters. The highest BCUT2D eigenvalue weighted by Gasteiger charge is 2.30. The highest BCUT2D eigenvalue weighted by Crippen LogP contribution is 2.28. The Morgan fingerprint density at radius 2 is 1.72 bits per heavy atom. The maximum atomic E-state index is 13.1. The van der Waals surface area contributed by atoms with E-state index in [2.05, 4.69) is 25.8 Å². The van der Waals surface area contributed by atoms with E-state index in [-0.39, 0.29) is 5.92 Å². The molecule has 0 saturated carbocycles. The smallest absolute Gasteiger partial charge is 0.225 e. The molecule has 2 aromatic carbocycles. The molecule has 1 amide bonds. The predicted molar refractivity (Wildman–Crippen MR) is 129 cm³/mol. The topological polar surface area (TPSA) is 55.5 Å². The number of amides is 1. The quantitative estimate of drug-likeness (QED) is 0.611. The van der Waals surface area contributed by atoms with Gasteiger partial charge in [-0.05, 0) is 56.3 Å². The minimum absolute atomic E-state index is 0.124. The van der Waals surface area contributed by atoms with Crippen LogP contribution in [0.3, 0.4) is 0 Å². The van der Waals surface area contributed by atoms with Gasteiger partial charge < -0.3 is 14.8 Å². The molecule has 2 fully saturated rings. The van der Waals surface area contributed by atoms with Crippen molar-refractivity contribution >= 4 is 45.8 Å². The number of anilines is 1. The Hall–Kier alpha value is -2.28. The molecule has 2 saturated heterocycles. The number of nitrogens with zero attached hydrogens (tertiary/aromatic N) is 4. The van der Waals surface area contributed by atoms with Gasteiger partial charge in [-0.3, -0.25) is 9.69 Å². The van der Waals surface area contributed by atoms with E-state index in [0.717, 1.165) is 81.2 Å². The number of halogens is 2. The number of nitrogens with one attached hydrogen (secondary N) is 1. The number of hydrogen-bond donors (Lipinski definition) is 1. The van der Waals surface area contributed by atoms with Crippen LogP contribution in [0.2, 0.25) is 10.0 Å². The second kappa shape index (κ2) is 9.30. The lowest BCUT2D eigenvalue weighted by molar-refractivity contribution is -0.137. The van der Waals surface area contributed by atoms with Crippen molar-refractivity contribution in [3.05, 3.63) is 58.3 Å². The third-order valence-corrected chi connectivity index (χ3v) is 7.35. The highest BCUT2D eigenvalue weighted by atomic mass is 35.5. The molecule has 0 bridgehead atoms. The van der Waals surface area contributed by atoms with Gasteiger partial charge in [0.1, 0.15) is 5.82 Å². The summed E-state index contributed by atoms with van der Waals surface area (Å²) in [7, 11) is 0. The molecule has 2 aliphatic heterocycles. The fourth-order valence-corrected chi connectivity index (χ4v) is 5.05. The first-order valence-electron chi connectivity index (χ1n) is 11.2. The molecule has 1 aromatic heterocycles. The molecule has 0 unspecified atom stereocenters. The zero-order valence-corrected chi connectivity index (χ0v) is 19.4. The van der Waals surface area contributed by atoms with Crippen LogP contribution in [-0.4, -0.2) is 64.9 Å². The summed E-state index contributed by atoms with van der Waals surface area (Å²) >= 11 is 12.2. The summed E-state index contributed by atoms with van der Waals surface area (Å²) in [5, 5.41) is 1.13. The molecule has 1 N–H and O–H groups in total. The van der Waals surface area contributed by atoms with Gasteiger partial charge in [0.2, 0.25) is 5.91 Å². The number of fused-ring (bicyclic) bond motifs is 1. The van der Waals surface area contributed by atoms with E-state index in [1.807, 2.05) is 41.3 Å². The standard InChI is InChI=1S/C24H27Cl2N5O/c25-19-6-5-18(15-20(19)26)30-11-13-31(14-12-30)24(32)17-7-9-29(10-8-17)16-23-27-21-3-1-2-4-22(21)28-23/h1-6,15,17H,7-14,16H2,(H,27,28). The van der Waals surface area contributed by atoms with Crippen LogP contribution in [0.15, 0.2) is 42.5 Å². The highest BCUT2D eigenvalue weighted by molar-refractivity contribution is 6.42. The van der Waals surface area contributed by atoms with Crippen molar-refractivity contribution in [3.63, 3.8) is 0 Å². The first-order chi connectivity index (χ1) is 15.6. The van der Waals surface area contributed by atoms with Crippen molar-refractivity contribution < 1.29 is 4.79 Å². The molecular weight excluding hydrogens is 445 g/mol. The minimum atomic E-state index is 0.124. The van der Waals surface area contributed by atoms with Crippen LogP contribution in [0.25, 0.3) is 11.0 Å². The molecule has 6 nitrogen and oxygen atoms in total. The van der Waals surface area contributed by atoms with Crippen LogP contribution in [0.4, 0.5) is 5.69 Å². The van der Waals surface area contributed by atoms with Gasteiger partial charge in [-0.2, -0.15) is 0 Å². The van der Waals surface area contributed by atoms with Crippen LogP contribution in [0, 0.1) is 5.92 Å². The zero-order valence-electron chi connectivity index (χ0n) is 17.9. The van der Waals surface area contributed by atoms with Crippen molar-refractivity contribution in [2.75, 3.05) is 44.2 Å². The van der Waals surface area contributed by atoms with Crippen molar-refractivity contribution in [2.24, 2.45) is 5.92 Å². The number of likely N-dealkylation sites (tertiary alicyclic amines) is 1. The van der Waals surface area contributed by atoms with Gasteiger partial charge >= 0.3 is 0 Å². The maximum Gasteiger partial charge on any atom is 0.225 e. The molecule has 0 spiro atoms. The summed E-state index contributed by atoms with van der Waals surface area (Å²) in [5.74, 6) is 1.43. The normalized spacial score (nSPS) is 18.4. The summed E-state index contributed by atoms with van der Waals surface area (Å²) in [6.07, 6.45) is 1.82. The first kappa shape index (κ1) is 21.6. The van der Waals surface area contributed by atoms with Gasteiger partial charge in [-0.1, -0.05) is 35.3 Å². The number of para-hydroxylation sites is 2. The van der Waals surface area contributed by atoms with Crippen LogP contribution in [-0.2, 0) is 11.3 Å². The van der Waals surface area contributed by atoms with Gasteiger partial charge in [0, 0.05) is 37.8 Å². The summed E-state index contributed by atoms with van der Waals surface area (Å²) < 4.78 is 0. The van der Waals surface area contributed by atoms with Crippen LogP contribution >= 0.6 is 23.2 Å². The molecule has 0 aliphatic carbocycles. The van der Waals surface area contributed by atoms with Gasteiger partial charge in [0.05, 0.1) is 27.6 Å². The lowest BCUT2D eigenvalue weighted by Crippen LogP contribution is -2.51. The summed E-state index contributed by atoms with van der Waals surface area (Å²) in [6.45, 7) is 5.78. The number of piperidine rings is 1. The van der Waals surface area contributed by atoms with Crippen LogP contribution < -0.4 is 4.90 Å². The van der Waals surface area contributed by atoms with Crippen molar-refractivity contribution in [2.45, 2.75) is 19.4 Å². The van der Waals surface area contributed by atoms with E-state index in [0.29, 0.717) is 16.0 Å². The molecule has 3 aromatic rings. The molecule has 2 aliphatic rings. The molecule has 5 rings (SSSR count). The molecule has 8 heteroatoms. The molecule has 3 heterocycles. The summed E-state index contributed by atoms with van der Waals surface area (Å²) in [4.78, 5) is 27.9. The van der Waals surface area contributed by atoms with Crippen molar-refractivity contribution in [3.8, 4) is 0 Å². The van der Waals surface area contributed by atoms with E-state index >= 15 is 0 Å². The van der Waals surface area contributed by atoms with E-state index < -0.39 is 0 Å². The van der Waals surface area contributed by atoms with Gasteiger partial charge in [-0.15, -0.1) is 0 Å². The number of piperazine rings is 1. The summed E-state index contributed by atoms with van der Waals surface area (Å²) in [5.41, 5.74) is 3.14. The maximum absolute atomic E-state index is 13.1. The summed E-state index contributed by atoms with van der Waals surface area (Å²) in [6, 6.07) is 13.8. The van der Waals surface area contributed by atoms with E-state index in [9.17, 15) is 4.79 Å². The number of aromatic nitrogens is 2. The zero-order chi connectivity index (χ0) is 22.1. The second-order valence-electron chi connectivity index (χ2n) is 8.66. The lowest BCUT2D eigenvalue weighted by atomic mass is 9.95. The number of H-pyrrole nitrogens is 1. The Kier molecular flexibility index (Phi) is 6.26. The molecule has 168 valence electrons. The largest absolute Gasteiger partial charge is 0.368 e. The fourth-order valence-electron chi connectivity index (χ4n) is 4.76. The average Bonchev–Trinajstić information content (AvgIpc) is 3.23. The molecular formula is C24H27Cl2N5O. The second-order valence-corrected chi connectivity index (χ2v) is 9.48. The Labute approximate surface area is 198 Å². The Morgan fingerprint density at radius 3 is 2.44 bits per heavy atom. The molecule has 0 radical (unpaired) electrons. The number of carbonyl (C=O) groups is 1. The van der Waals surface area contributed by atoms with E-state index in [1.54, 1.807) is 0 Å². The monoisotopic (exact) mass is 471 g/mol. The van der Waals surface area contributed by atoms with E-state index in [4.69, 9.17) is 23.2 Å². The lowest BCUT2D eigenvalue weighted by Gasteiger charge is -2.39. The number of rotatable bonds is 4. The number of aromatic amines is 1. The predicted octanol–water partition coefficient (Wildman–Crippen LogP) is 4.43. The SMILES string of the molecule is O=C(C1CCN(Cc2nc3ccccc3[nH]2)CC1)N1CCN(c2ccc(Cl)c(Cl)c2)CC1. The van der Waals surface area contributed by atoms with Crippen molar-refractivity contribution in [1.82, 2.24) is 19.8 Å². The first-order valence-corrected chi connectivity index (χ1v) is 12.0. The Bertz CT molecular complexity index is 1070. The third-order valence-electron chi connectivity index (χ3n) is 6.61. The van der Waals surface area contributed by atoms with Crippen molar-refractivity contribution in [1.29, 1.82) is 0 Å². The van der Waals surface area contributed by atoms with E-state index in [1.165, 1.54) is 0 Å². The number of carbonyl (C=O) groups excluding carboxylic acids is 1. The number of imidazole rings is 1. The number of hydrogen-bond acceptors (Lipinski definition) is 4. The van der Waals surface area contributed by atoms with Crippen LogP contribution in [0.1, 0.15) is 18.7 Å². The minimum Gasteiger partial charge on any atom is -0.368 e. The van der Waals surface area contributed by atoms with Crippen LogP contribution in [0.5, 0.6) is 0 Å². The average molecular weight is 472 g/mol. The third kappa shape index (κ3) is 4.58. The van der Waals surface area contributed by atoms with Gasteiger partial charge in [-0.25, -0.2) is 4.98 Å². The molecule has 32 heavy (non-hydrogen) atoms. The Balaban J connectivity index is 1.11. The Morgan fingerprint density at radius 1 is 0.969 bits per heavy atom. The number of benzene rings is 2. The van der Waals surface area contributed by atoms with Gasteiger partial charge in [0.15, 0.2) is 0 Å².